The van der Waals surface area contributed by atoms with E-state index in [0.717, 1.165) is 38.9 Å². The molecule has 0 bridgehead atoms. The molecule has 4 heteroatoms. The molecule has 0 amide bonds. The van der Waals surface area contributed by atoms with Crippen LogP contribution in [-0.2, 0) is 30.6 Å². The van der Waals surface area contributed by atoms with Gasteiger partial charge in [0.15, 0.2) is 5.79 Å². The van der Waals surface area contributed by atoms with Gasteiger partial charge in [-0.1, -0.05) is 34.2 Å². The number of hydrogen-bond acceptors (Lipinski definition) is 3. The normalized spacial score (nSPS) is 22.5. The van der Waals surface area contributed by atoms with E-state index < -0.39 is 0 Å². The third-order valence-corrected chi connectivity index (χ3v) is 4.81. The summed E-state index contributed by atoms with van der Waals surface area (Å²) >= 11 is 4.88. The molecule has 2 nitrogen and oxygen atoms in total. The van der Waals surface area contributed by atoms with Crippen molar-refractivity contribution in [1.82, 2.24) is 0 Å². The number of ether oxygens (including phenoxy) is 2. The Labute approximate surface area is 122 Å². The van der Waals surface area contributed by atoms with Gasteiger partial charge in [0.05, 0.1) is 13.2 Å². The van der Waals surface area contributed by atoms with Gasteiger partial charge in [0.2, 0.25) is 0 Å². The van der Waals surface area contributed by atoms with Crippen LogP contribution in [0.3, 0.4) is 0 Å². The molecule has 1 aromatic carbocycles. The maximum Gasteiger partial charge on any atom is 0.168 e. The lowest BCUT2D eigenvalue weighted by molar-refractivity contribution is -0.178. The number of hydrogen-bond donors (Lipinski definition) is 0. The van der Waals surface area contributed by atoms with Crippen molar-refractivity contribution in [1.29, 1.82) is 0 Å². The molecular weight excluding hydrogens is 276 g/mol. The minimum atomic E-state index is -0.247. The number of benzene rings is 1. The zero-order valence-corrected chi connectivity index (χ0v) is 12.5. The SMILES string of the molecule is S=S=Cc1ccc(C2CCC3(CC2)OCCO3)cc1. The van der Waals surface area contributed by atoms with Crippen molar-refractivity contribution >= 4 is 26.5 Å². The van der Waals surface area contributed by atoms with Crippen LogP contribution in [0.5, 0.6) is 0 Å². The van der Waals surface area contributed by atoms with Gasteiger partial charge in [-0.2, -0.15) is 0 Å². The lowest BCUT2D eigenvalue weighted by Gasteiger charge is -2.35. The van der Waals surface area contributed by atoms with Crippen molar-refractivity contribution in [3.05, 3.63) is 35.4 Å². The van der Waals surface area contributed by atoms with Crippen molar-refractivity contribution in [2.24, 2.45) is 0 Å². The van der Waals surface area contributed by atoms with Crippen molar-refractivity contribution in [2.45, 2.75) is 37.4 Å². The first-order valence-corrected chi connectivity index (χ1v) is 8.62. The maximum absolute atomic E-state index is 5.78. The Balaban J connectivity index is 1.66. The van der Waals surface area contributed by atoms with Crippen LogP contribution in [0, 0.1) is 0 Å². The highest BCUT2D eigenvalue weighted by atomic mass is 32.8. The highest BCUT2D eigenvalue weighted by Gasteiger charge is 2.40. The molecule has 2 fully saturated rings. The van der Waals surface area contributed by atoms with E-state index in [0.29, 0.717) is 5.92 Å². The van der Waals surface area contributed by atoms with Gasteiger partial charge >= 0.3 is 0 Å². The molecular formula is C15H18O2S2. The van der Waals surface area contributed by atoms with E-state index in [-0.39, 0.29) is 5.79 Å². The number of rotatable bonds is 2. The quantitative estimate of drug-likeness (QED) is 0.782. The summed E-state index contributed by atoms with van der Waals surface area (Å²) in [6.45, 7) is 1.52. The van der Waals surface area contributed by atoms with E-state index in [1.54, 1.807) is 0 Å². The fourth-order valence-electron chi connectivity index (χ4n) is 3.08. The van der Waals surface area contributed by atoms with Crippen LogP contribution in [-0.4, -0.2) is 24.4 Å². The van der Waals surface area contributed by atoms with E-state index in [9.17, 15) is 0 Å². The molecule has 1 spiro atoms. The minimum absolute atomic E-state index is 0.247. The summed E-state index contributed by atoms with van der Waals surface area (Å²) in [5, 5.41) is 2.00. The van der Waals surface area contributed by atoms with Gasteiger partial charge in [-0.15, -0.1) is 0 Å². The van der Waals surface area contributed by atoms with Gasteiger partial charge in [0.1, 0.15) is 0 Å². The van der Waals surface area contributed by atoms with E-state index in [4.69, 9.17) is 20.7 Å². The average molecular weight is 294 g/mol. The topological polar surface area (TPSA) is 18.5 Å². The summed E-state index contributed by atoms with van der Waals surface area (Å²) < 4.78 is 11.6. The van der Waals surface area contributed by atoms with E-state index in [1.165, 1.54) is 21.0 Å². The smallest absolute Gasteiger partial charge is 0.168 e. The van der Waals surface area contributed by atoms with Crippen molar-refractivity contribution < 1.29 is 9.47 Å². The summed E-state index contributed by atoms with van der Waals surface area (Å²) in [5.74, 6) is 0.395. The average Bonchev–Trinajstić information content (AvgIpc) is 2.90. The van der Waals surface area contributed by atoms with E-state index >= 15 is 0 Å². The lowest BCUT2D eigenvalue weighted by Crippen LogP contribution is -2.34. The Morgan fingerprint density at radius 1 is 1.11 bits per heavy atom. The predicted molar refractivity (Wildman–Crippen MR) is 82.2 cm³/mol. The van der Waals surface area contributed by atoms with Crippen LogP contribution in [0.4, 0.5) is 0 Å². The molecule has 1 aliphatic heterocycles. The Hall–Kier alpha value is -0.550. The Morgan fingerprint density at radius 3 is 2.32 bits per heavy atom. The van der Waals surface area contributed by atoms with Gasteiger partial charge in [0, 0.05) is 18.2 Å². The molecule has 19 heavy (non-hydrogen) atoms. The first-order valence-electron chi connectivity index (χ1n) is 6.81. The summed E-state index contributed by atoms with van der Waals surface area (Å²) in [6, 6.07) is 8.77. The molecule has 0 aromatic heterocycles. The van der Waals surface area contributed by atoms with Crippen LogP contribution in [0.15, 0.2) is 24.3 Å². The Bertz CT molecular complexity index is 475. The van der Waals surface area contributed by atoms with Gasteiger partial charge in [-0.05, 0) is 41.1 Å². The van der Waals surface area contributed by atoms with Gasteiger partial charge < -0.3 is 9.47 Å². The molecule has 1 saturated heterocycles. The third kappa shape index (κ3) is 2.97. The molecule has 1 aliphatic carbocycles. The molecule has 2 aliphatic rings. The van der Waals surface area contributed by atoms with Crippen LogP contribution < -0.4 is 0 Å². The van der Waals surface area contributed by atoms with Crippen LogP contribution in [0.25, 0.3) is 0 Å². The lowest BCUT2D eigenvalue weighted by atomic mass is 9.81. The summed E-state index contributed by atoms with van der Waals surface area (Å²) in [7, 11) is 1.33. The summed E-state index contributed by atoms with van der Waals surface area (Å²) in [5.41, 5.74) is 2.62. The molecule has 1 aromatic rings. The second-order valence-electron chi connectivity index (χ2n) is 5.26. The fraction of sp³-hybridized carbons (Fsp3) is 0.533. The highest BCUT2D eigenvalue weighted by Crippen LogP contribution is 2.42. The molecule has 0 N–H and O–H groups in total. The van der Waals surface area contributed by atoms with Crippen LogP contribution >= 0.6 is 0 Å². The Morgan fingerprint density at radius 2 is 1.74 bits per heavy atom. The highest BCUT2D eigenvalue weighted by molar-refractivity contribution is 8.16. The molecule has 3 rings (SSSR count). The van der Waals surface area contributed by atoms with Crippen molar-refractivity contribution in [3.63, 3.8) is 0 Å². The monoisotopic (exact) mass is 294 g/mol. The molecule has 0 radical (unpaired) electrons. The maximum atomic E-state index is 5.78. The largest absolute Gasteiger partial charge is 0.348 e. The van der Waals surface area contributed by atoms with Gasteiger partial charge in [-0.3, -0.25) is 0 Å². The predicted octanol–water partition coefficient (Wildman–Crippen LogP) is 2.78. The second-order valence-corrected chi connectivity index (χ2v) is 6.27. The zero-order valence-electron chi connectivity index (χ0n) is 10.8. The van der Waals surface area contributed by atoms with Crippen molar-refractivity contribution in [3.8, 4) is 0 Å². The molecule has 1 saturated carbocycles. The van der Waals surface area contributed by atoms with Gasteiger partial charge in [-0.25, -0.2) is 0 Å². The van der Waals surface area contributed by atoms with Crippen LogP contribution in [0.1, 0.15) is 42.7 Å². The summed E-state index contributed by atoms with van der Waals surface area (Å²) in [4.78, 5) is 0. The first-order chi connectivity index (χ1) is 9.31. The summed E-state index contributed by atoms with van der Waals surface area (Å²) in [6.07, 6.45) is 4.35. The fourth-order valence-corrected chi connectivity index (χ4v) is 3.68. The Kier molecular flexibility index (Phi) is 4.12. The minimum Gasteiger partial charge on any atom is -0.348 e. The third-order valence-electron chi connectivity index (χ3n) is 4.15. The van der Waals surface area contributed by atoms with Crippen LogP contribution in [0.2, 0.25) is 0 Å². The standard InChI is InChI=1S/C15H18O2S2/c18-19-11-12-1-3-13(4-2-12)14-5-7-15(8-6-14)16-9-10-17-15/h1-4,11,14H,5-10H2. The van der Waals surface area contributed by atoms with Crippen molar-refractivity contribution in [2.75, 3.05) is 13.2 Å². The second kappa shape index (κ2) is 5.83. The molecule has 0 atom stereocenters. The molecule has 0 unspecified atom stereocenters. The van der Waals surface area contributed by atoms with E-state index in [2.05, 4.69) is 24.3 Å². The molecule has 102 valence electrons. The zero-order chi connectivity index (χ0) is 13.1. The van der Waals surface area contributed by atoms with Gasteiger partial charge in [0.25, 0.3) is 0 Å². The molecule has 1 heterocycles. The van der Waals surface area contributed by atoms with E-state index in [1.807, 2.05) is 5.37 Å². The first kappa shape index (κ1) is 13.4.